The van der Waals surface area contributed by atoms with Crippen LogP contribution in [0.4, 0.5) is 29.5 Å². The van der Waals surface area contributed by atoms with Crippen LogP contribution in [-0.2, 0) is 28.7 Å². The van der Waals surface area contributed by atoms with E-state index in [0.717, 1.165) is 6.07 Å². The van der Waals surface area contributed by atoms with E-state index in [1.807, 2.05) is 26.8 Å². The number of hydrogen-bond donors (Lipinski definition) is 2. The summed E-state index contributed by atoms with van der Waals surface area (Å²) in [5.74, 6) is 0.253. The summed E-state index contributed by atoms with van der Waals surface area (Å²) < 4.78 is 56.3. The molecule has 10 nitrogen and oxygen atoms in total. The van der Waals surface area contributed by atoms with Crippen LogP contribution in [0.25, 0.3) is 5.65 Å². The number of rotatable bonds is 6. The summed E-state index contributed by atoms with van der Waals surface area (Å²) in [6.45, 7) is 14.0. The number of likely N-dealkylation sites (tertiary alicyclic amines) is 1. The Hall–Kier alpha value is -3.58. The molecule has 2 aliphatic rings. The number of amides is 1. The predicted octanol–water partition coefficient (Wildman–Crippen LogP) is 5.99. The average molecular weight is 647 g/mol. The predicted molar refractivity (Wildman–Crippen MR) is 169 cm³/mol. The molecule has 0 spiro atoms. The van der Waals surface area contributed by atoms with Gasteiger partial charge in [-0.2, -0.15) is 13.2 Å². The molecule has 0 aliphatic carbocycles. The zero-order chi connectivity index (χ0) is 33.4. The van der Waals surface area contributed by atoms with Gasteiger partial charge in [0.05, 0.1) is 42.5 Å². The smallest absolute Gasteiger partial charge is 0.416 e. The van der Waals surface area contributed by atoms with Crippen LogP contribution in [0.3, 0.4) is 0 Å². The van der Waals surface area contributed by atoms with Crippen molar-refractivity contribution in [3.05, 3.63) is 52.3 Å². The molecule has 252 valence electrons. The molecule has 4 heterocycles. The molecule has 0 bridgehead atoms. The number of aliphatic hydroxyl groups excluding tert-OH is 1. The second-order valence-corrected chi connectivity index (χ2v) is 14.1. The fraction of sp³-hybridized carbons (Fsp3) is 0.606. The second kappa shape index (κ2) is 12.9. The summed E-state index contributed by atoms with van der Waals surface area (Å²) in [6.07, 6.45) is -4.23. The van der Waals surface area contributed by atoms with E-state index in [-0.39, 0.29) is 30.6 Å². The van der Waals surface area contributed by atoms with E-state index in [0.29, 0.717) is 73.2 Å². The fourth-order valence-electron chi connectivity index (χ4n) is 6.20. The molecule has 13 heteroatoms. The van der Waals surface area contributed by atoms with Crippen molar-refractivity contribution in [2.75, 3.05) is 49.6 Å². The maximum Gasteiger partial charge on any atom is 0.416 e. The topological polar surface area (TPSA) is 104 Å². The molecule has 0 atom stereocenters. The lowest BCUT2D eigenvalue weighted by atomic mass is 9.82. The number of hydrogen-bond acceptors (Lipinski definition) is 8. The minimum atomic E-state index is -4.57. The first-order valence-corrected chi connectivity index (χ1v) is 15.8. The average Bonchev–Trinajstić information content (AvgIpc) is 3.33. The molecule has 0 unspecified atom stereocenters. The monoisotopic (exact) mass is 646 g/mol. The number of anilines is 2. The summed E-state index contributed by atoms with van der Waals surface area (Å²) in [4.78, 5) is 21.1. The lowest BCUT2D eigenvalue weighted by molar-refractivity contribution is -0.138. The Morgan fingerprint density at radius 2 is 1.74 bits per heavy atom. The van der Waals surface area contributed by atoms with E-state index in [4.69, 9.17) is 19.6 Å². The van der Waals surface area contributed by atoms with Crippen molar-refractivity contribution in [3.8, 4) is 0 Å². The van der Waals surface area contributed by atoms with Crippen LogP contribution in [0.2, 0.25) is 0 Å². The number of aliphatic hydroxyl groups is 1. The number of carbonyl (C=O) groups is 1. The molecule has 46 heavy (non-hydrogen) atoms. The molecule has 1 amide bonds. The number of morpholine rings is 1. The second-order valence-electron chi connectivity index (χ2n) is 14.1. The molecule has 2 aliphatic heterocycles. The number of halogens is 3. The Morgan fingerprint density at radius 1 is 1.07 bits per heavy atom. The third-order valence-electron chi connectivity index (χ3n) is 8.16. The standard InChI is InChI=1S/C33H45F3N6O4/c1-31(2,3)38-24-19-27(40-14-16-45-17-15-40)39-42-26(25(20-43)37-29(24)42)18-22-8-7-9-23(33(34,35)36)28(22)21-10-12-41(13-11-21)30(44)46-32(4,5)6/h7-9,19,21,38,43H,10-18,20H2,1-6H3. The number of imidazole rings is 1. The van der Waals surface area contributed by atoms with Gasteiger partial charge in [-0.15, -0.1) is 5.10 Å². The van der Waals surface area contributed by atoms with Gasteiger partial charge in [-0.3, -0.25) is 0 Å². The van der Waals surface area contributed by atoms with Crippen LogP contribution in [0.15, 0.2) is 24.3 Å². The molecule has 2 fully saturated rings. The van der Waals surface area contributed by atoms with Crippen LogP contribution in [-0.4, -0.2) is 81.2 Å². The largest absolute Gasteiger partial charge is 0.444 e. The van der Waals surface area contributed by atoms with E-state index in [9.17, 15) is 23.1 Å². The summed E-state index contributed by atoms with van der Waals surface area (Å²) in [7, 11) is 0. The van der Waals surface area contributed by atoms with Crippen LogP contribution in [0, 0.1) is 0 Å². The van der Waals surface area contributed by atoms with Gasteiger partial charge in [-0.05, 0) is 77.5 Å². The Morgan fingerprint density at radius 3 is 2.33 bits per heavy atom. The Bertz CT molecular complexity index is 1550. The van der Waals surface area contributed by atoms with Crippen molar-refractivity contribution in [1.29, 1.82) is 0 Å². The van der Waals surface area contributed by atoms with Gasteiger partial charge in [0.15, 0.2) is 11.5 Å². The number of carbonyl (C=O) groups excluding carboxylic acids is 1. The Labute approximate surface area is 267 Å². The highest BCUT2D eigenvalue weighted by Gasteiger charge is 2.38. The van der Waals surface area contributed by atoms with E-state index in [1.165, 1.54) is 6.07 Å². The normalized spacial score (nSPS) is 17.1. The summed E-state index contributed by atoms with van der Waals surface area (Å²) in [5, 5.41) is 18.8. The molecule has 2 aromatic heterocycles. The number of piperidine rings is 1. The number of ether oxygens (including phenoxy) is 2. The third-order valence-corrected chi connectivity index (χ3v) is 8.16. The Balaban J connectivity index is 1.56. The zero-order valence-corrected chi connectivity index (χ0v) is 27.5. The van der Waals surface area contributed by atoms with Gasteiger partial charge in [0.2, 0.25) is 0 Å². The molecular weight excluding hydrogens is 601 g/mol. The van der Waals surface area contributed by atoms with E-state index in [2.05, 4.69) is 10.2 Å². The third kappa shape index (κ3) is 7.68. The molecule has 3 aromatic rings. The molecule has 2 saturated heterocycles. The van der Waals surface area contributed by atoms with Crippen molar-refractivity contribution in [3.63, 3.8) is 0 Å². The Kier molecular flexibility index (Phi) is 9.47. The van der Waals surface area contributed by atoms with E-state index < -0.39 is 36.0 Å². The number of fused-ring (bicyclic) bond motifs is 1. The molecule has 0 saturated carbocycles. The summed E-state index contributed by atoms with van der Waals surface area (Å²) >= 11 is 0. The number of alkyl halides is 3. The summed E-state index contributed by atoms with van der Waals surface area (Å²) in [5.41, 5.74) is 1.12. The fourth-order valence-corrected chi connectivity index (χ4v) is 6.20. The van der Waals surface area contributed by atoms with Crippen LogP contribution < -0.4 is 10.2 Å². The van der Waals surface area contributed by atoms with Crippen molar-refractivity contribution in [2.45, 2.75) is 90.6 Å². The number of benzene rings is 1. The highest BCUT2D eigenvalue weighted by atomic mass is 19.4. The van der Waals surface area contributed by atoms with E-state index >= 15 is 0 Å². The van der Waals surface area contributed by atoms with Gasteiger partial charge in [0.1, 0.15) is 5.60 Å². The minimum Gasteiger partial charge on any atom is -0.444 e. The minimum absolute atomic E-state index is 0.0805. The van der Waals surface area contributed by atoms with Gasteiger partial charge in [-0.25, -0.2) is 14.3 Å². The quantitative estimate of drug-likeness (QED) is 0.337. The SMILES string of the molecule is CC(C)(C)Nc1cc(N2CCOCC2)nn2c(Cc3cccc(C(F)(F)F)c3C3CCN(C(=O)OC(C)(C)C)CC3)c(CO)nc12. The van der Waals surface area contributed by atoms with Crippen molar-refractivity contribution in [1.82, 2.24) is 19.5 Å². The van der Waals surface area contributed by atoms with Crippen LogP contribution in [0.1, 0.15) is 88.4 Å². The molecule has 1 aromatic carbocycles. The van der Waals surface area contributed by atoms with E-state index in [1.54, 1.807) is 36.3 Å². The van der Waals surface area contributed by atoms with Crippen LogP contribution >= 0.6 is 0 Å². The van der Waals surface area contributed by atoms with Gasteiger partial charge >= 0.3 is 12.3 Å². The van der Waals surface area contributed by atoms with Gasteiger partial charge in [-0.1, -0.05) is 12.1 Å². The van der Waals surface area contributed by atoms with Gasteiger partial charge < -0.3 is 29.7 Å². The first-order chi connectivity index (χ1) is 21.5. The highest BCUT2D eigenvalue weighted by molar-refractivity contribution is 5.73. The first-order valence-electron chi connectivity index (χ1n) is 15.8. The maximum absolute atomic E-state index is 14.5. The first kappa shape index (κ1) is 33.8. The molecule has 2 N–H and O–H groups in total. The number of nitrogens with zero attached hydrogens (tertiary/aromatic N) is 5. The summed E-state index contributed by atoms with van der Waals surface area (Å²) in [6, 6.07) is 6.20. The van der Waals surface area contributed by atoms with Crippen molar-refractivity contribution >= 4 is 23.2 Å². The zero-order valence-electron chi connectivity index (χ0n) is 27.5. The molecule has 0 radical (unpaired) electrons. The number of aromatic nitrogens is 3. The molecule has 5 rings (SSSR count). The van der Waals surface area contributed by atoms with Crippen LogP contribution in [0.5, 0.6) is 0 Å². The van der Waals surface area contributed by atoms with Crippen molar-refractivity contribution < 1.29 is 32.5 Å². The lowest BCUT2D eigenvalue weighted by Gasteiger charge is -2.35. The maximum atomic E-state index is 14.5. The van der Waals surface area contributed by atoms with Crippen molar-refractivity contribution in [2.24, 2.45) is 0 Å². The van der Waals surface area contributed by atoms with Gasteiger partial charge in [0.25, 0.3) is 0 Å². The highest BCUT2D eigenvalue weighted by Crippen LogP contribution is 2.42. The van der Waals surface area contributed by atoms with Gasteiger partial charge in [0, 0.05) is 44.2 Å². The lowest BCUT2D eigenvalue weighted by Crippen LogP contribution is -2.41. The number of nitrogens with one attached hydrogen (secondary N) is 1. The molecular formula is C33H45F3N6O4.